The molecule has 2 aliphatic heterocycles. The molecule has 5 rings (SSSR count). The van der Waals surface area contributed by atoms with Gasteiger partial charge in [0, 0.05) is 34.8 Å². The molecule has 0 unspecified atom stereocenters. The normalized spacial score (nSPS) is 17.0. The van der Waals surface area contributed by atoms with Gasteiger partial charge in [-0.05, 0) is 76.5 Å². The molecule has 0 atom stereocenters. The fourth-order valence-electron chi connectivity index (χ4n) is 5.20. The van der Waals surface area contributed by atoms with E-state index in [1.54, 1.807) is 6.07 Å². The van der Waals surface area contributed by atoms with Gasteiger partial charge < -0.3 is 4.90 Å². The van der Waals surface area contributed by atoms with E-state index in [9.17, 15) is 0 Å². The average molecular weight is 510 g/mol. The summed E-state index contributed by atoms with van der Waals surface area (Å²) in [4.78, 5) is 9.78. The van der Waals surface area contributed by atoms with E-state index in [2.05, 4.69) is 42.7 Å². The summed E-state index contributed by atoms with van der Waals surface area (Å²) in [6.07, 6.45) is 6.12. The highest BCUT2D eigenvalue weighted by atomic mass is 35.5. The van der Waals surface area contributed by atoms with Crippen LogP contribution in [-0.4, -0.2) is 35.1 Å². The number of likely N-dealkylation sites (tertiary alicyclic amines) is 1. The molecule has 0 aliphatic carbocycles. The van der Waals surface area contributed by atoms with Crippen LogP contribution in [0.5, 0.6) is 0 Å². The number of fused-ring (bicyclic) bond motifs is 1. The summed E-state index contributed by atoms with van der Waals surface area (Å²) in [7, 11) is 0. The number of piperidine rings is 1. The molecule has 1 aromatic heterocycles. The molecule has 0 saturated carbocycles. The maximum atomic E-state index is 15.0. The van der Waals surface area contributed by atoms with E-state index in [4.69, 9.17) is 28.2 Å². The summed E-state index contributed by atoms with van der Waals surface area (Å²) in [5.41, 5.74) is 4.19. The molecule has 3 nitrogen and oxygen atoms in total. The van der Waals surface area contributed by atoms with Gasteiger partial charge >= 0.3 is 0 Å². The van der Waals surface area contributed by atoms with Gasteiger partial charge in [-0.15, -0.1) is 0 Å². The van der Waals surface area contributed by atoms with Crippen molar-refractivity contribution in [1.29, 1.82) is 0 Å². The van der Waals surface area contributed by atoms with Crippen molar-refractivity contribution in [3.63, 3.8) is 0 Å². The van der Waals surface area contributed by atoms with Gasteiger partial charge in [-0.2, -0.15) is 0 Å². The van der Waals surface area contributed by atoms with Gasteiger partial charge in [0.2, 0.25) is 0 Å². The predicted molar refractivity (Wildman–Crippen MR) is 145 cm³/mol. The highest BCUT2D eigenvalue weighted by Crippen LogP contribution is 2.44. The van der Waals surface area contributed by atoms with Crippen LogP contribution < -0.4 is 4.90 Å². The van der Waals surface area contributed by atoms with Crippen molar-refractivity contribution in [1.82, 2.24) is 9.88 Å². The van der Waals surface area contributed by atoms with Gasteiger partial charge in [-0.1, -0.05) is 59.6 Å². The van der Waals surface area contributed by atoms with E-state index in [0.717, 1.165) is 54.3 Å². The Labute approximate surface area is 217 Å². The number of hydrogen-bond donors (Lipinski definition) is 0. The zero-order valence-electron chi connectivity index (χ0n) is 20.4. The number of nitrogens with zero attached hydrogens (tertiary/aromatic N) is 3. The van der Waals surface area contributed by atoms with E-state index < -0.39 is 0 Å². The fourth-order valence-corrected chi connectivity index (χ4v) is 5.80. The molecule has 0 spiro atoms. The SMILES string of the molecule is CC(C)(C)N1CCC(c2cc(-c3ccccc3F)c3c(n2)N(c2c(Cl)cccc2Cl)CC=C3)CC1. The van der Waals surface area contributed by atoms with Gasteiger partial charge in [0.25, 0.3) is 0 Å². The van der Waals surface area contributed by atoms with Gasteiger partial charge in [0.05, 0.1) is 15.7 Å². The van der Waals surface area contributed by atoms with Gasteiger partial charge in [-0.3, -0.25) is 4.90 Å². The first kappa shape index (κ1) is 24.3. The van der Waals surface area contributed by atoms with Crippen LogP contribution in [0.25, 0.3) is 17.2 Å². The van der Waals surface area contributed by atoms with Crippen LogP contribution in [0, 0.1) is 5.82 Å². The molecule has 2 aliphatic rings. The van der Waals surface area contributed by atoms with Crippen LogP contribution >= 0.6 is 23.2 Å². The number of pyridine rings is 1. The zero-order valence-corrected chi connectivity index (χ0v) is 21.9. The maximum absolute atomic E-state index is 15.0. The minimum Gasteiger partial charge on any atom is -0.319 e. The lowest BCUT2D eigenvalue weighted by Crippen LogP contribution is -2.45. The van der Waals surface area contributed by atoms with Gasteiger partial charge in [0.15, 0.2) is 0 Å². The lowest BCUT2D eigenvalue weighted by molar-refractivity contribution is 0.102. The van der Waals surface area contributed by atoms with Crippen molar-refractivity contribution < 1.29 is 4.39 Å². The Bertz CT molecular complexity index is 1250. The molecule has 182 valence electrons. The van der Waals surface area contributed by atoms with Crippen molar-refractivity contribution in [3.8, 4) is 11.1 Å². The van der Waals surface area contributed by atoms with Gasteiger partial charge in [-0.25, -0.2) is 9.37 Å². The molecular formula is C29H30Cl2FN3. The Kier molecular flexibility index (Phi) is 6.65. The number of aromatic nitrogens is 1. The van der Waals surface area contributed by atoms with Crippen molar-refractivity contribution in [3.05, 3.63) is 81.7 Å². The summed E-state index contributed by atoms with van der Waals surface area (Å²) in [5, 5.41) is 1.13. The summed E-state index contributed by atoms with van der Waals surface area (Å²) in [6.45, 7) is 9.41. The number of benzene rings is 2. The Morgan fingerprint density at radius 1 is 0.943 bits per heavy atom. The Morgan fingerprint density at radius 2 is 1.63 bits per heavy atom. The molecule has 3 heterocycles. The van der Waals surface area contributed by atoms with Crippen molar-refractivity contribution in [2.24, 2.45) is 0 Å². The Balaban J connectivity index is 1.64. The summed E-state index contributed by atoms with van der Waals surface area (Å²) in [5.74, 6) is 0.839. The van der Waals surface area contributed by atoms with Crippen LogP contribution in [0.1, 0.15) is 50.8 Å². The standard InChI is InChI=1S/C29H30Cl2FN3/c1-29(2,3)34-16-13-19(14-17-34)26-18-22(20-8-4-5-12-25(20)32)21-9-7-15-35(28(21)33-26)27-23(30)10-6-11-24(27)31/h4-12,18-19H,13-17H2,1-3H3. The Hall–Kier alpha value is -2.40. The molecular weight excluding hydrogens is 480 g/mol. The van der Waals surface area contributed by atoms with Crippen molar-refractivity contribution in [2.75, 3.05) is 24.5 Å². The molecule has 35 heavy (non-hydrogen) atoms. The third kappa shape index (κ3) is 4.72. The maximum Gasteiger partial charge on any atom is 0.141 e. The van der Waals surface area contributed by atoms with E-state index in [1.807, 2.05) is 36.4 Å². The van der Waals surface area contributed by atoms with Crippen molar-refractivity contribution in [2.45, 2.75) is 45.1 Å². The lowest BCUT2D eigenvalue weighted by Gasteiger charge is -2.41. The molecule has 0 bridgehead atoms. The summed E-state index contributed by atoms with van der Waals surface area (Å²) >= 11 is 13.2. The number of hydrogen-bond acceptors (Lipinski definition) is 3. The predicted octanol–water partition coefficient (Wildman–Crippen LogP) is 8.34. The molecule has 1 saturated heterocycles. The third-order valence-corrected chi connectivity index (χ3v) is 7.73. The fraction of sp³-hybridized carbons (Fsp3) is 0.345. The molecule has 3 aromatic rings. The second kappa shape index (κ2) is 9.57. The Morgan fingerprint density at radius 3 is 2.29 bits per heavy atom. The second-order valence-corrected chi connectivity index (χ2v) is 11.1. The van der Waals surface area contributed by atoms with Crippen LogP contribution in [0.2, 0.25) is 10.0 Å². The second-order valence-electron chi connectivity index (χ2n) is 10.3. The van der Waals surface area contributed by atoms with E-state index in [-0.39, 0.29) is 11.4 Å². The highest BCUT2D eigenvalue weighted by Gasteiger charge is 2.31. The topological polar surface area (TPSA) is 19.4 Å². The molecule has 6 heteroatoms. The lowest BCUT2D eigenvalue weighted by atomic mass is 9.88. The molecule has 1 fully saturated rings. The first-order valence-corrected chi connectivity index (χ1v) is 12.9. The molecule has 0 radical (unpaired) electrons. The van der Waals surface area contributed by atoms with E-state index in [1.165, 1.54) is 6.07 Å². The number of rotatable bonds is 3. The molecule has 0 amide bonds. The van der Waals surface area contributed by atoms with Crippen molar-refractivity contribution >= 4 is 40.8 Å². The first-order chi connectivity index (χ1) is 16.7. The number of anilines is 2. The zero-order chi connectivity index (χ0) is 24.7. The average Bonchev–Trinajstić information content (AvgIpc) is 2.83. The van der Waals surface area contributed by atoms with Crippen LogP contribution in [0.15, 0.2) is 54.6 Å². The highest BCUT2D eigenvalue weighted by molar-refractivity contribution is 6.39. The van der Waals surface area contributed by atoms with Crippen LogP contribution in [0.4, 0.5) is 15.9 Å². The monoisotopic (exact) mass is 509 g/mol. The summed E-state index contributed by atoms with van der Waals surface area (Å²) < 4.78 is 15.0. The third-order valence-electron chi connectivity index (χ3n) is 7.12. The van der Waals surface area contributed by atoms with Crippen LogP contribution in [0.3, 0.4) is 0 Å². The number of para-hydroxylation sites is 1. The largest absolute Gasteiger partial charge is 0.319 e. The first-order valence-electron chi connectivity index (χ1n) is 12.2. The van der Waals surface area contributed by atoms with Crippen LogP contribution in [-0.2, 0) is 0 Å². The number of halogens is 3. The quantitative estimate of drug-likeness (QED) is 0.353. The van der Waals surface area contributed by atoms with Gasteiger partial charge in [0.1, 0.15) is 11.6 Å². The van der Waals surface area contributed by atoms with E-state index in [0.29, 0.717) is 28.1 Å². The van der Waals surface area contributed by atoms with E-state index >= 15 is 4.39 Å². The smallest absolute Gasteiger partial charge is 0.141 e. The summed E-state index contributed by atoms with van der Waals surface area (Å²) in [6, 6.07) is 14.6. The molecule has 0 N–H and O–H groups in total. The minimum atomic E-state index is -0.240. The minimum absolute atomic E-state index is 0.148. The molecule has 2 aromatic carbocycles.